The lowest BCUT2D eigenvalue weighted by molar-refractivity contribution is -0.139. The molecule has 0 fully saturated rings. The minimum atomic E-state index is -0.613. The molecule has 0 bridgehead atoms. The van der Waals surface area contributed by atoms with Crippen LogP contribution in [0.5, 0.6) is 0 Å². The minimum absolute atomic E-state index is 0.00823. The van der Waals surface area contributed by atoms with E-state index in [0.29, 0.717) is 26.4 Å². The number of thiazole rings is 1. The van der Waals surface area contributed by atoms with E-state index in [1.165, 1.54) is 16.9 Å². The molecule has 0 spiro atoms. The average Bonchev–Trinajstić information content (AvgIpc) is 3.35. The number of nitrogens with zero attached hydrogens (tertiary/aromatic N) is 2. The molecule has 0 saturated carbocycles. The fourth-order valence-corrected chi connectivity index (χ4v) is 4.80. The van der Waals surface area contributed by atoms with Gasteiger partial charge in [-0.1, -0.05) is 56.4 Å². The van der Waals surface area contributed by atoms with Crippen molar-refractivity contribution in [2.75, 3.05) is 6.61 Å². The lowest BCUT2D eigenvalue weighted by atomic mass is 9.85. The number of aromatic nitrogens is 1. The molecule has 166 valence electrons. The van der Waals surface area contributed by atoms with Crippen LogP contribution in [0.4, 0.5) is 0 Å². The number of fused-ring (bicyclic) bond motifs is 1. The van der Waals surface area contributed by atoms with Crippen molar-refractivity contribution in [1.82, 2.24) is 4.57 Å². The molecule has 1 atom stereocenters. The number of ether oxygens (including phenoxy) is 1. The summed E-state index contributed by atoms with van der Waals surface area (Å²) < 4.78 is 12.8. The van der Waals surface area contributed by atoms with Gasteiger partial charge in [0.25, 0.3) is 5.56 Å². The lowest BCUT2D eigenvalue weighted by Crippen LogP contribution is -2.40. The van der Waals surface area contributed by atoms with E-state index in [1.807, 2.05) is 24.3 Å². The number of allylic oxidation sites excluding steroid dienone is 1. The number of hydrogen-bond acceptors (Lipinski definition) is 6. The van der Waals surface area contributed by atoms with Gasteiger partial charge in [-0.3, -0.25) is 9.36 Å². The third-order valence-corrected chi connectivity index (χ3v) is 6.41. The molecule has 6 nitrogen and oxygen atoms in total. The summed E-state index contributed by atoms with van der Waals surface area (Å²) in [6.07, 6.45) is 3.26. The molecule has 0 amide bonds. The fraction of sp³-hybridized carbons (Fsp3) is 0.320. The van der Waals surface area contributed by atoms with Gasteiger partial charge in [0.1, 0.15) is 5.76 Å². The molecule has 32 heavy (non-hydrogen) atoms. The summed E-state index contributed by atoms with van der Waals surface area (Å²) in [6.45, 7) is 10.2. The van der Waals surface area contributed by atoms with Gasteiger partial charge in [-0.05, 0) is 42.5 Å². The van der Waals surface area contributed by atoms with E-state index in [0.717, 1.165) is 5.56 Å². The summed E-state index contributed by atoms with van der Waals surface area (Å²) in [6, 6.07) is 11.0. The fourth-order valence-electron chi connectivity index (χ4n) is 3.77. The molecule has 7 heteroatoms. The second-order valence-electron chi connectivity index (χ2n) is 8.69. The molecule has 3 aromatic rings. The first-order valence-corrected chi connectivity index (χ1v) is 11.4. The zero-order valence-corrected chi connectivity index (χ0v) is 19.7. The Morgan fingerprint density at radius 1 is 1.25 bits per heavy atom. The van der Waals surface area contributed by atoms with Crippen molar-refractivity contribution in [3.05, 3.63) is 90.5 Å². The first-order chi connectivity index (χ1) is 15.2. The Labute approximate surface area is 190 Å². The largest absolute Gasteiger partial charge is 0.465 e. The third-order valence-electron chi connectivity index (χ3n) is 5.43. The van der Waals surface area contributed by atoms with Crippen LogP contribution < -0.4 is 14.9 Å². The molecule has 0 saturated heterocycles. The average molecular weight is 451 g/mol. The van der Waals surface area contributed by atoms with Gasteiger partial charge in [-0.2, -0.15) is 0 Å². The highest BCUT2D eigenvalue weighted by Gasteiger charge is 2.33. The van der Waals surface area contributed by atoms with Crippen LogP contribution in [-0.2, 0) is 14.9 Å². The molecule has 0 radical (unpaired) electrons. The van der Waals surface area contributed by atoms with Crippen molar-refractivity contribution in [1.29, 1.82) is 0 Å². The standard InChI is InChI=1S/C25H26N2O4S/c1-6-30-23(29)20-15(2)26-24-27(22(28)19(32-24)14-18-8-7-13-31-18)21(20)16-9-11-17(12-10-16)25(3,4)5/h7-14,21H,6H2,1-5H3/b19-14-/t21-/m0/s1. The van der Waals surface area contributed by atoms with Crippen molar-refractivity contribution in [2.24, 2.45) is 4.99 Å². The molecule has 0 N–H and O–H groups in total. The molecule has 3 heterocycles. The zero-order chi connectivity index (χ0) is 23.0. The van der Waals surface area contributed by atoms with E-state index in [9.17, 15) is 9.59 Å². The zero-order valence-electron chi connectivity index (χ0n) is 18.8. The summed E-state index contributed by atoms with van der Waals surface area (Å²) in [5.41, 5.74) is 2.72. The maximum Gasteiger partial charge on any atom is 0.338 e. The summed E-state index contributed by atoms with van der Waals surface area (Å²) in [4.78, 5) is 31.5. The summed E-state index contributed by atoms with van der Waals surface area (Å²) >= 11 is 1.28. The SMILES string of the molecule is CCOC(=O)C1=C(C)N=c2s/c(=C\c3ccco3)c(=O)n2[C@H]1c1ccc(C(C)(C)C)cc1. The first-order valence-electron chi connectivity index (χ1n) is 10.5. The summed E-state index contributed by atoms with van der Waals surface area (Å²) in [5, 5.41) is 0. The van der Waals surface area contributed by atoms with Gasteiger partial charge in [0, 0.05) is 6.08 Å². The Morgan fingerprint density at radius 3 is 2.56 bits per heavy atom. The molecular weight excluding hydrogens is 424 g/mol. The topological polar surface area (TPSA) is 73.8 Å². The van der Waals surface area contributed by atoms with Crippen LogP contribution in [0.2, 0.25) is 0 Å². The van der Waals surface area contributed by atoms with Crippen LogP contribution in [0.15, 0.2) is 68.1 Å². The number of hydrogen-bond donors (Lipinski definition) is 0. The lowest BCUT2D eigenvalue weighted by Gasteiger charge is -2.26. The van der Waals surface area contributed by atoms with Crippen molar-refractivity contribution in [2.45, 2.75) is 46.1 Å². The maximum absolute atomic E-state index is 13.4. The number of carbonyl (C=O) groups excluding carboxylic acids is 1. The van der Waals surface area contributed by atoms with Crippen LogP contribution in [-0.4, -0.2) is 17.1 Å². The quantitative estimate of drug-likeness (QED) is 0.569. The van der Waals surface area contributed by atoms with Crippen molar-refractivity contribution in [3.8, 4) is 0 Å². The van der Waals surface area contributed by atoms with Gasteiger partial charge in [0.2, 0.25) is 0 Å². The van der Waals surface area contributed by atoms with Crippen LogP contribution in [0, 0.1) is 0 Å². The number of furan rings is 1. The monoisotopic (exact) mass is 450 g/mol. The van der Waals surface area contributed by atoms with Gasteiger partial charge < -0.3 is 9.15 Å². The van der Waals surface area contributed by atoms with Gasteiger partial charge in [-0.25, -0.2) is 9.79 Å². The first kappa shape index (κ1) is 22.0. The molecule has 1 aromatic carbocycles. The highest BCUT2D eigenvalue weighted by Crippen LogP contribution is 2.32. The molecule has 2 aromatic heterocycles. The molecule has 1 aliphatic heterocycles. The Hall–Kier alpha value is -3.19. The van der Waals surface area contributed by atoms with Crippen LogP contribution in [0.1, 0.15) is 57.5 Å². The van der Waals surface area contributed by atoms with Crippen molar-refractivity contribution in [3.63, 3.8) is 0 Å². The normalized spacial score (nSPS) is 16.7. The van der Waals surface area contributed by atoms with E-state index >= 15 is 0 Å². The number of carbonyl (C=O) groups is 1. The summed E-state index contributed by atoms with van der Waals surface area (Å²) in [7, 11) is 0. The second kappa shape index (κ2) is 8.39. The Morgan fingerprint density at radius 2 is 1.97 bits per heavy atom. The van der Waals surface area contributed by atoms with Crippen molar-refractivity contribution < 1.29 is 13.9 Å². The number of esters is 1. The minimum Gasteiger partial charge on any atom is -0.465 e. The van der Waals surface area contributed by atoms with E-state index < -0.39 is 12.0 Å². The van der Waals surface area contributed by atoms with Gasteiger partial charge in [-0.15, -0.1) is 0 Å². The van der Waals surface area contributed by atoms with E-state index in [-0.39, 0.29) is 17.6 Å². The molecule has 0 aliphatic carbocycles. The van der Waals surface area contributed by atoms with E-state index in [1.54, 1.807) is 42.9 Å². The highest BCUT2D eigenvalue weighted by atomic mass is 32.1. The van der Waals surface area contributed by atoms with Gasteiger partial charge in [0.05, 0.1) is 34.7 Å². The highest BCUT2D eigenvalue weighted by molar-refractivity contribution is 7.07. The summed E-state index contributed by atoms with van der Waals surface area (Å²) in [5.74, 6) is 0.127. The van der Waals surface area contributed by atoms with E-state index in [4.69, 9.17) is 9.15 Å². The van der Waals surface area contributed by atoms with E-state index in [2.05, 4.69) is 25.8 Å². The van der Waals surface area contributed by atoms with Crippen LogP contribution >= 0.6 is 11.3 Å². The Bertz CT molecular complexity index is 1350. The Balaban J connectivity index is 1.94. The van der Waals surface area contributed by atoms with Crippen LogP contribution in [0.25, 0.3) is 6.08 Å². The van der Waals surface area contributed by atoms with Crippen LogP contribution in [0.3, 0.4) is 0 Å². The second-order valence-corrected chi connectivity index (χ2v) is 9.70. The smallest absolute Gasteiger partial charge is 0.338 e. The van der Waals surface area contributed by atoms with Gasteiger partial charge >= 0.3 is 5.97 Å². The maximum atomic E-state index is 13.4. The van der Waals surface area contributed by atoms with Gasteiger partial charge in [0.15, 0.2) is 4.80 Å². The molecular formula is C25H26N2O4S. The molecule has 4 rings (SSSR count). The molecule has 1 aliphatic rings. The Kier molecular flexibility index (Phi) is 5.77. The van der Waals surface area contributed by atoms with Crippen molar-refractivity contribution >= 4 is 23.4 Å². The number of rotatable bonds is 4. The predicted octanol–water partition coefficient (Wildman–Crippen LogP) is 3.69. The number of benzene rings is 1. The third kappa shape index (κ3) is 4.00. The predicted molar refractivity (Wildman–Crippen MR) is 124 cm³/mol. The molecule has 0 unspecified atom stereocenters.